The Morgan fingerprint density at radius 3 is 2.43 bits per heavy atom. The number of amides is 2. The van der Waals surface area contributed by atoms with Gasteiger partial charge in [0.05, 0.1) is 17.4 Å². The maximum absolute atomic E-state index is 13.2. The van der Waals surface area contributed by atoms with Crippen LogP contribution in [0.25, 0.3) is 0 Å². The number of Topliss-reactive ketones (excluding diaryl/α,β-unsaturated/α-hetero) is 1. The number of carbonyl (C=O) groups excluding carboxylic acids is 2. The summed E-state index contributed by atoms with van der Waals surface area (Å²) in [5.41, 5.74) is -1.29. The molecule has 2 amide bonds. The van der Waals surface area contributed by atoms with E-state index in [-0.39, 0.29) is 25.6 Å². The number of ketones is 1. The molecular formula is C22H19F3N4O4S2. The first kappa shape index (κ1) is 24.8. The third kappa shape index (κ3) is 5.51. The number of thiazole rings is 1. The topological polar surface area (TPSA) is 118 Å². The number of urea groups is 1. The molecule has 8 nitrogen and oxygen atoms in total. The lowest BCUT2D eigenvalue weighted by Crippen LogP contribution is -2.22. The smallest absolute Gasteiger partial charge is 0.307 e. The van der Waals surface area contributed by atoms with Crippen LogP contribution in [0.4, 0.5) is 28.8 Å². The van der Waals surface area contributed by atoms with Crippen molar-refractivity contribution < 1.29 is 31.2 Å². The number of hydrogen-bond acceptors (Lipinski definition) is 7. The van der Waals surface area contributed by atoms with Gasteiger partial charge in [-0.2, -0.15) is 13.2 Å². The molecule has 35 heavy (non-hydrogen) atoms. The molecule has 1 aliphatic carbocycles. The van der Waals surface area contributed by atoms with Crippen LogP contribution in [0.3, 0.4) is 0 Å². The molecule has 2 heterocycles. The van der Waals surface area contributed by atoms with Gasteiger partial charge in [0, 0.05) is 17.7 Å². The number of sulfone groups is 1. The van der Waals surface area contributed by atoms with Gasteiger partial charge in [0.25, 0.3) is 0 Å². The Labute approximate surface area is 202 Å². The third-order valence-corrected chi connectivity index (χ3v) is 8.51. The molecule has 1 saturated carbocycles. The number of hydrogen-bond donors (Lipinski definition) is 2. The Balaban J connectivity index is 1.54. The van der Waals surface area contributed by atoms with Crippen molar-refractivity contribution in [3.05, 3.63) is 59.9 Å². The first-order valence-electron chi connectivity index (χ1n) is 10.5. The lowest BCUT2D eigenvalue weighted by Gasteiger charge is -2.16. The van der Waals surface area contributed by atoms with Crippen LogP contribution < -0.4 is 10.6 Å². The van der Waals surface area contributed by atoms with E-state index in [9.17, 15) is 31.2 Å². The van der Waals surface area contributed by atoms with Crippen molar-refractivity contribution >= 4 is 43.8 Å². The van der Waals surface area contributed by atoms with Crippen molar-refractivity contribution in [2.75, 3.05) is 10.6 Å². The maximum Gasteiger partial charge on any atom is 0.416 e. The largest absolute Gasteiger partial charge is 0.416 e. The van der Waals surface area contributed by atoms with Gasteiger partial charge in [0.15, 0.2) is 15.9 Å². The molecular weight excluding hydrogens is 505 g/mol. The minimum Gasteiger partial charge on any atom is -0.307 e. The summed E-state index contributed by atoms with van der Waals surface area (Å²) < 4.78 is 64.8. The highest BCUT2D eigenvalue weighted by Crippen LogP contribution is 2.35. The molecule has 13 heteroatoms. The molecule has 0 bridgehead atoms. The first-order chi connectivity index (χ1) is 16.6. The monoisotopic (exact) mass is 524 g/mol. The van der Waals surface area contributed by atoms with Gasteiger partial charge in [0.1, 0.15) is 4.21 Å². The Bertz CT molecular complexity index is 1350. The minimum absolute atomic E-state index is 0.0624. The molecule has 2 aromatic heterocycles. The number of halogens is 3. The molecule has 0 atom stereocenters. The highest BCUT2D eigenvalue weighted by atomic mass is 32.2. The number of carbonyl (C=O) groups is 2. The predicted molar refractivity (Wildman–Crippen MR) is 122 cm³/mol. The summed E-state index contributed by atoms with van der Waals surface area (Å²) in [6.45, 7) is 0. The van der Waals surface area contributed by atoms with Crippen LogP contribution >= 0.6 is 11.3 Å². The summed E-state index contributed by atoms with van der Waals surface area (Å²) >= 11 is 0.684. The van der Waals surface area contributed by atoms with E-state index >= 15 is 0 Å². The van der Waals surface area contributed by atoms with Crippen molar-refractivity contribution in [2.45, 2.75) is 41.1 Å². The van der Waals surface area contributed by atoms with Crippen LogP contribution in [0.5, 0.6) is 0 Å². The van der Waals surface area contributed by atoms with Gasteiger partial charge in [0.2, 0.25) is 9.84 Å². The SMILES string of the molecule is O=C(Nc1ncc(S(=O)(=O)c2ccccn2)s1)Nc1ccc(C(F)(F)F)cc1C(=O)C1CCCC1. The van der Waals surface area contributed by atoms with Gasteiger partial charge < -0.3 is 5.32 Å². The van der Waals surface area contributed by atoms with Crippen LogP contribution in [-0.4, -0.2) is 30.2 Å². The van der Waals surface area contributed by atoms with Crippen LogP contribution in [0.15, 0.2) is 58.0 Å². The minimum atomic E-state index is -4.65. The zero-order chi connectivity index (χ0) is 25.2. The van der Waals surface area contributed by atoms with E-state index in [1.807, 2.05) is 0 Å². The van der Waals surface area contributed by atoms with E-state index < -0.39 is 39.3 Å². The lowest BCUT2D eigenvalue weighted by molar-refractivity contribution is -0.137. The molecule has 2 N–H and O–H groups in total. The molecule has 0 saturated heterocycles. The second-order valence-corrected chi connectivity index (χ2v) is 11.0. The molecule has 3 aromatic rings. The first-order valence-corrected chi connectivity index (χ1v) is 12.8. The summed E-state index contributed by atoms with van der Waals surface area (Å²) in [4.78, 5) is 33.1. The van der Waals surface area contributed by atoms with Crippen LogP contribution in [-0.2, 0) is 16.0 Å². The van der Waals surface area contributed by atoms with E-state index in [0.29, 0.717) is 24.2 Å². The lowest BCUT2D eigenvalue weighted by atomic mass is 9.93. The number of pyridine rings is 1. The average molecular weight is 525 g/mol. The summed E-state index contributed by atoms with van der Waals surface area (Å²) in [6.07, 6.45) is 0.522. The zero-order valence-electron chi connectivity index (χ0n) is 18.0. The van der Waals surface area contributed by atoms with E-state index in [4.69, 9.17) is 0 Å². The number of benzene rings is 1. The average Bonchev–Trinajstić information content (AvgIpc) is 3.51. The van der Waals surface area contributed by atoms with Gasteiger partial charge in [-0.1, -0.05) is 30.2 Å². The molecule has 0 radical (unpaired) electrons. The van der Waals surface area contributed by atoms with Crippen LogP contribution in [0.1, 0.15) is 41.6 Å². The third-order valence-electron chi connectivity index (χ3n) is 5.47. The number of nitrogens with one attached hydrogen (secondary N) is 2. The van der Waals surface area contributed by atoms with E-state index in [2.05, 4.69) is 20.6 Å². The van der Waals surface area contributed by atoms with Gasteiger partial charge >= 0.3 is 12.2 Å². The summed E-state index contributed by atoms with van der Waals surface area (Å²) in [5.74, 6) is -0.859. The Morgan fingerprint density at radius 1 is 1.03 bits per heavy atom. The number of anilines is 2. The standard InChI is InChI=1S/C22H19F3N4O4S2/c23-22(24,25)14-8-9-16(15(11-14)19(30)13-5-1-2-6-13)28-20(31)29-21-27-12-18(34-21)35(32,33)17-7-3-4-10-26-17/h3-4,7-13H,1-2,5-6H2,(H2,27,28,29,31). The summed E-state index contributed by atoms with van der Waals surface area (Å²) in [5, 5.41) is 4.50. The molecule has 184 valence electrons. The zero-order valence-corrected chi connectivity index (χ0v) is 19.6. The predicted octanol–water partition coefficient (Wildman–Crippen LogP) is 5.41. The summed E-state index contributed by atoms with van der Waals surface area (Å²) in [6, 6.07) is 6.07. The highest BCUT2D eigenvalue weighted by molar-refractivity contribution is 7.93. The molecule has 0 spiro atoms. The molecule has 0 aliphatic heterocycles. The van der Waals surface area contributed by atoms with Gasteiger partial charge in [-0.05, 0) is 43.2 Å². The van der Waals surface area contributed by atoms with E-state index in [1.54, 1.807) is 6.07 Å². The number of nitrogens with zero attached hydrogens (tertiary/aromatic N) is 2. The highest BCUT2D eigenvalue weighted by Gasteiger charge is 2.33. The van der Waals surface area contributed by atoms with Crippen molar-refractivity contribution in [2.24, 2.45) is 5.92 Å². The van der Waals surface area contributed by atoms with E-state index in [1.165, 1.54) is 18.3 Å². The molecule has 1 aromatic carbocycles. The fourth-order valence-electron chi connectivity index (χ4n) is 3.74. The van der Waals surface area contributed by atoms with Gasteiger partial charge in [-0.25, -0.2) is 23.2 Å². The van der Waals surface area contributed by atoms with Gasteiger partial charge in [-0.15, -0.1) is 0 Å². The van der Waals surface area contributed by atoms with Crippen molar-refractivity contribution in [1.82, 2.24) is 9.97 Å². The number of alkyl halides is 3. The number of rotatable bonds is 6. The summed E-state index contributed by atoms with van der Waals surface area (Å²) in [7, 11) is -3.94. The fraction of sp³-hybridized carbons (Fsp3) is 0.273. The Kier molecular flexibility index (Phi) is 6.90. The Hall–Kier alpha value is -3.32. The van der Waals surface area contributed by atoms with E-state index in [0.717, 1.165) is 37.2 Å². The molecule has 0 unspecified atom stereocenters. The second-order valence-electron chi connectivity index (χ2n) is 7.84. The van der Waals surface area contributed by atoms with Crippen molar-refractivity contribution in [1.29, 1.82) is 0 Å². The van der Waals surface area contributed by atoms with Crippen LogP contribution in [0.2, 0.25) is 0 Å². The Morgan fingerprint density at radius 2 is 1.77 bits per heavy atom. The van der Waals surface area contributed by atoms with Gasteiger partial charge in [-0.3, -0.25) is 10.1 Å². The second kappa shape index (κ2) is 9.74. The number of aromatic nitrogens is 2. The van der Waals surface area contributed by atoms with Crippen molar-refractivity contribution in [3.8, 4) is 0 Å². The van der Waals surface area contributed by atoms with Crippen molar-refractivity contribution in [3.63, 3.8) is 0 Å². The quantitative estimate of drug-likeness (QED) is 0.417. The maximum atomic E-state index is 13.2. The molecule has 1 aliphatic rings. The fourth-order valence-corrected chi connectivity index (χ4v) is 6.07. The normalized spacial score (nSPS) is 14.6. The molecule has 1 fully saturated rings. The van der Waals surface area contributed by atoms with Crippen LogP contribution in [0, 0.1) is 5.92 Å². The molecule has 4 rings (SSSR count).